The van der Waals surface area contributed by atoms with Crippen LogP contribution in [-0.2, 0) is 0 Å². The quantitative estimate of drug-likeness (QED) is 0.541. The van der Waals surface area contributed by atoms with Gasteiger partial charge in [-0.3, -0.25) is 0 Å². The van der Waals surface area contributed by atoms with Crippen molar-refractivity contribution in [3.05, 3.63) is 36.0 Å². The van der Waals surface area contributed by atoms with E-state index in [4.69, 9.17) is 0 Å². The summed E-state index contributed by atoms with van der Waals surface area (Å²) >= 11 is 0. The first-order chi connectivity index (χ1) is 5.53. The molecule has 0 spiro atoms. The maximum atomic E-state index is 3.77. The fourth-order valence-corrected chi connectivity index (χ4v) is 1.98. The summed E-state index contributed by atoms with van der Waals surface area (Å²) in [5.74, 6) is 0. The average Bonchev–Trinajstić information content (AvgIpc) is 1.82. The SMILES string of the molecule is C=CCC1=CC(C)=CC(C)(C)C1. The van der Waals surface area contributed by atoms with Crippen molar-refractivity contribution in [3.8, 4) is 0 Å². The van der Waals surface area contributed by atoms with E-state index in [1.54, 1.807) is 0 Å². The Hall–Kier alpha value is -0.780. The van der Waals surface area contributed by atoms with Gasteiger partial charge in [-0.25, -0.2) is 0 Å². The van der Waals surface area contributed by atoms with E-state index >= 15 is 0 Å². The number of hydrogen-bond acceptors (Lipinski definition) is 0. The third-order valence-electron chi connectivity index (χ3n) is 2.14. The van der Waals surface area contributed by atoms with E-state index < -0.39 is 0 Å². The van der Waals surface area contributed by atoms with Gasteiger partial charge in [0.1, 0.15) is 0 Å². The Labute approximate surface area is 75.7 Å². The van der Waals surface area contributed by atoms with Crippen LogP contribution in [0.4, 0.5) is 0 Å². The largest absolute Gasteiger partial charge is 0.103 e. The second kappa shape index (κ2) is 3.30. The maximum Gasteiger partial charge on any atom is -0.0132 e. The van der Waals surface area contributed by atoms with Crippen LogP contribution in [0.15, 0.2) is 36.0 Å². The van der Waals surface area contributed by atoms with Crippen LogP contribution in [0.1, 0.15) is 33.6 Å². The molecule has 0 amide bonds. The van der Waals surface area contributed by atoms with Crippen molar-refractivity contribution in [2.24, 2.45) is 5.41 Å². The van der Waals surface area contributed by atoms with Gasteiger partial charge >= 0.3 is 0 Å². The Morgan fingerprint density at radius 2 is 2.25 bits per heavy atom. The van der Waals surface area contributed by atoms with Crippen molar-refractivity contribution in [2.75, 3.05) is 0 Å². The zero-order chi connectivity index (χ0) is 9.19. The molecule has 1 aliphatic carbocycles. The van der Waals surface area contributed by atoms with E-state index in [1.165, 1.54) is 17.6 Å². The molecule has 0 heteroatoms. The molecular weight excluding hydrogens is 144 g/mol. The molecule has 66 valence electrons. The molecule has 0 nitrogen and oxygen atoms in total. The molecule has 1 rings (SSSR count). The van der Waals surface area contributed by atoms with Crippen LogP contribution in [0.2, 0.25) is 0 Å². The molecule has 0 aromatic rings. The van der Waals surface area contributed by atoms with Gasteiger partial charge in [-0.1, -0.05) is 43.2 Å². The van der Waals surface area contributed by atoms with Gasteiger partial charge in [0.15, 0.2) is 0 Å². The van der Waals surface area contributed by atoms with E-state index in [0.29, 0.717) is 5.41 Å². The van der Waals surface area contributed by atoms with Crippen LogP contribution in [-0.4, -0.2) is 0 Å². The molecule has 0 aromatic carbocycles. The highest BCUT2D eigenvalue weighted by molar-refractivity contribution is 5.30. The predicted octanol–water partition coefficient (Wildman–Crippen LogP) is 3.87. The lowest BCUT2D eigenvalue weighted by Crippen LogP contribution is -2.12. The minimum atomic E-state index is 0.344. The Balaban J connectivity index is 2.80. The van der Waals surface area contributed by atoms with Crippen molar-refractivity contribution < 1.29 is 0 Å². The number of allylic oxidation sites excluding steroid dienone is 5. The average molecular weight is 162 g/mol. The molecule has 12 heavy (non-hydrogen) atoms. The molecule has 0 N–H and O–H groups in total. The molecule has 0 fully saturated rings. The van der Waals surface area contributed by atoms with Crippen molar-refractivity contribution >= 4 is 0 Å². The van der Waals surface area contributed by atoms with Crippen LogP contribution in [0.5, 0.6) is 0 Å². The summed E-state index contributed by atoms with van der Waals surface area (Å²) in [4.78, 5) is 0. The summed E-state index contributed by atoms with van der Waals surface area (Å²) in [7, 11) is 0. The summed E-state index contributed by atoms with van der Waals surface area (Å²) in [5.41, 5.74) is 3.25. The predicted molar refractivity (Wildman–Crippen MR) is 55.1 cm³/mol. The summed E-state index contributed by atoms with van der Waals surface area (Å²) in [6.45, 7) is 10.5. The first-order valence-corrected chi connectivity index (χ1v) is 4.53. The number of hydrogen-bond donors (Lipinski definition) is 0. The molecule has 0 atom stereocenters. The van der Waals surface area contributed by atoms with Crippen LogP contribution in [0.25, 0.3) is 0 Å². The summed E-state index contributed by atoms with van der Waals surface area (Å²) in [6, 6.07) is 0. The van der Waals surface area contributed by atoms with Gasteiger partial charge in [0.05, 0.1) is 0 Å². The minimum absolute atomic E-state index is 0.344. The van der Waals surface area contributed by atoms with E-state index in [-0.39, 0.29) is 0 Å². The fraction of sp³-hybridized carbons (Fsp3) is 0.500. The molecule has 1 aliphatic rings. The lowest BCUT2D eigenvalue weighted by atomic mass is 9.79. The van der Waals surface area contributed by atoms with E-state index in [0.717, 1.165) is 6.42 Å². The maximum absolute atomic E-state index is 3.77. The summed E-state index contributed by atoms with van der Waals surface area (Å²) < 4.78 is 0. The Bertz CT molecular complexity index is 239. The topological polar surface area (TPSA) is 0 Å². The fourth-order valence-electron chi connectivity index (χ4n) is 1.98. The van der Waals surface area contributed by atoms with Gasteiger partial charge in [-0.15, -0.1) is 6.58 Å². The lowest BCUT2D eigenvalue weighted by molar-refractivity contribution is 0.463. The van der Waals surface area contributed by atoms with Crippen LogP contribution in [0, 0.1) is 5.41 Å². The van der Waals surface area contributed by atoms with Gasteiger partial charge in [-0.2, -0.15) is 0 Å². The second-order valence-corrected chi connectivity index (χ2v) is 4.35. The highest BCUT2D eigenvalue weighted by Gasteiger charge is 2.19. The second-order valence-electron chi connectivity index (χ2n) is 4.35. The van der Waals surface area contributed by atoms with E-state index in [2.05, 4.69) is 39.5 Å². The van der Waals surface area contributed by atoms with Gasteiger partial charge in [0.25, 0.3) is 0 Å². The van der Waals surface area contributed by atoms with Crippen LogP contribution < -0.4 is 0 Å². The van der Waals surface area contributed by atoms with Crippen molar-refractivity contribution in [3.63, 3.8) is 0 Å². The highest BCUT2D eigenvalue weighted by Crippen LogP contribution is 2.34. The highest BCUT2D eigenvalue weighted by atomic mass is 14.2. The van der Waals surface area contributed by atoms with Crippen LogP contribution >= 0.6 is 0 Å². The Morgan fingerprint density at radius 3 is 2.75 bits per heavy atom. The molecule has 0 radical (unpaired) electrons. The molecule has 0 heterocycles. The summed E-state index contributed by atoms with van der Waals surface area (Å²) in [5, 5.41) is 0. The van der Waals surface area contributed by atoms with Gasteiger partial charge in [0.2, 0.25) is 0 Å². The van der Waals surface area contributed by atoms with E-state index in [1.807, 2.05) is 6.08 Å². The molecule has 0 unspecified atom stereocenters. The van der Waals surface area contributed by atoms with Crippen LogP contribution in [0.3, 0.4) is 0 Å². The number of rotatable bonds is 2. The van der Waals surface area contributed by atoms with Gasteiger partial charge < -0.3 is 0 Å². The van der Waals surface area contributed by atoms with Gasteiger partial charge in [0, 0.05) is 0 Å². The zero-order valence-electron chi connectivity index (χ0n) is 8.35. The zero-order valence-corrected chi connectivity index (χ0v) is 8.35. The van der Waals surface area contributed by atoms with Gasteiger partial charge in [-0.05, 0) is 25.2 Å². The van der Waals surface area contributed by atoms with E-state index in [9.17, 15) is 0 Å². The standard InChI is InChI=1S/C12H18/c1-5-6-11-7-10(2)8-12(3,4)9-11/h5,7-8H,1,6,9H2,2-4H3. The third-order valence-corrected chi connectivity index (χ3v) is 2.14. The molecule has 0 aliphatic heterocycles. The first-order valence-electron chi connectivity index (χ1n) is 4.53. The normalized spacial score (nSPS) is 21.2. The van der Waals surface area contributed by atoms with Crippen molar-refractivity contribution in [2.45, 2.75) is 33.6 Å². The van der Waals surface area contributed by atoms with Crippen molar-refractivity contribution in [1.29, 1.82) is 0 Å². The summed E-state index contributed by atoms with van der Waals surface area (Å²) in [6.07, 6.45) is 8.83. The Morgan fingerprint density at radius 1 is 1.58 bits per heavy atom. The molecular formula is C12H18. The lowest BCUT2D eigenvalue weighted by Gasteiger charge is -2.26. The van der Waals surface area contributed by atoms with Crippen molar-refractivity contribution in [1.82, 2.24) is 0 Å². The Kier molecular flexibility index (Phi) is 2.56. The molecule has 0 aromatic heterocycles. The minimum Gasteiger partial charge on any atom is -0.103 e. The molecule has 0 saturated carbocycles. The molecule has 0 bridgehead atoms. The first kappa shape index (κ1) is 9.31. The smallest absolute Gasteiger partial charge is 0.0132 e. The third kappa shape index (κ3) is 2.37. The molecule has 0 saturated heterocycles. The monoisotopic (exact) mass is 162 g/mol.